The molecule has 0 aliphatic carbocycles. The Labute approximate surface area is 152 Å². The minimum Gasteiger partial charge on any atom is -0.493 e. The van der Waals surface area contributed by atoms with Crippen molar-refractivity contribution in [1.82, 2.24) is 5.32 Å². The molecule has 0 radical (unpaired) electrons. The van der Waals surface area contributed by atoms with Crippen LogP contribution in [0.3, 0.4) is 0 Å². The van der Waals surface area contributed by atoms with E-state index in [0.29, 0.717) is 23.8 Å². The molecular weight excluding hydrogens is 338 g/mol. The highest BCUT2D eigenvalue weighted by Gasteiger charge is 2.16. The van der Waals surface area contributed by atoms with E-state index in [4.69, 9.17) is 14.2 Å². The Hall–Kier alpha value is -2.34. The molecule has 2 aromatic carbocycles. The number of benzene rings is 2. The predicted octanol–water partition coefficient (Wildman–Crippen LogP) is 3.51. The van der Waals surface area contributed by atoms with E-state index in [1.165, 1.54) is 11.8 Å². The summed E-state index contributed by atoms with van der Waals surface area (Å²) in [6.07, 6.45) is 0. The van der Waals surface area contributed by atoms with Crippen LogP contribution in [0.25, 0.3) is 0 Å². The number of rotatable bonds is 8. The second-order valence-electron chi connectivity index (χ2n) is 5.32. The molecule has 0 saturated carbocycles. The number of methoxy groups -OCH3 is 3. The van der Waals surface area contributed by atoms with Crippen molar-refractivity contribution < 1.29 is 19.0 Å². The molecule has 0 aromatic heterocycles. The van der Waals surface area contributed by atoms with Gasteiger partial charge < -0.3 is 19.5 Å². The van der Waals surface area contributed by atoms with Gasteiger partial charge in [0.05, 0.1) is 26.6 Å². The van der Waals surface area contributed by atoms with Crippen molar-refractivity contribution in [3.05, 3.63) is 48.0 Å². The fourth-order valence-corrected chi connectivity index (χ4v) is 3.24. The quantitative estimate of drug-likeness (QED) is 0.729. The predicted molar refractivity (Wildman–Crippen MR) is 99.7 cm³/mol. The summed E-state index contributed by atoms with van der Waals surface area (Å²) in [4.78, 5) is 13.4. The molecule has 0 spiro atoms. The van der Waals surface area contributed by atoms with Gasteiger partial charge in [-0.15, -0.1) is 11.8 Å². The third-order valence-electron chi connectivity index (χ3n) is 3.62. The van der Waals surface area contributed by atoms with Crippen LogP contribution >= 0.6 is 11.8 Å². The van der Waals surface area contributed by atoms with Crippen molar-refractivity contribution in [3.8, 4) is 17.2 Å². The van der Waals surface area contributed by atoms with Crippen molar-refractivity contribution in [2.75, 3.05) is 21.3 Å². The summed E-state index contributed by atoms with van der Waals surface area (Å²) in [5.41, 5.74) is 0.875. The Morgan fingerprint density at radius 3 is 2.16 bits per heavy atom. The van der Waals surface area contributed by atoms with Crippen LogP contribution in [0.1, 0.15) is 12.5 Å². The van der Waals surface area contributed by atoms with Crippen molar-refractivity contribution in [2.45, 2.75) is 23.6 Å². The lowest BCUT2D eigenvalue weighted by Gasteiger charge is -2.15. The summed E-state index contributed by atoms with van der Waals surface area (Å²) in [6, 6.07) is 13.5. The second kappa shape index (κ2) is 9.22. The Morgan fingerprint density at radius 1 is 1.04 bits per heavy atom. The number of nitrogens with one attached hydrogen (secondary N) is 1. The molecule has 25 heavy (non-hydrogen) atoms. The van der Waals surface area contributed by atoms with Crippen molar-refractivity contribution >= 4 is 17.7 Å². The Kier molecular flexibility index (Phi) is 7.01. The van der Waals surface area contributed by atoms with Crippen molar-refractivity contribution in [2.24, 2.45) is 0 Å². The molecular formula is C19H23NO4S. The minimum absolute atomic E-state index is 0.0254. The first kappa shape index (κ1) is 19.0. The van der Waals surface area contributed by atoms with Gasteiger partial charge in [-0.05, 0) is 36.8 Å². The van der Waals surface area contributed by atoms with Gasteiger partial charge in [0.15, 0.2) is 11.5 Å². The van der Waals surface area contributed by atoms with Crippen LogP contribution in [0.2, 0.25) is 0 Å². The van der Waals surface area contributed by atoms with E-state index >= 15 is 0 Å². The van der Waals surface area contributed by atoms with Gasteiger partial charge in [-0.2, -0.15) is 0 Å². The van der Waals surface area contributed by atoms with Crippen LogP contribution in [0.4, 0.5) is 0 Å². The third kappa shape index (κ3) is 5.06. The van der Waals surface area contributed by atoms with Gasteiger partial charge in [0.2, 0.25) is 11.7 Å². The Balaban J connectivity index is 2.01. The maximum atomic E-state index is 12.3. The number of ether oxygens (including phenoxy) is 3. The molecule has 2 aromatic rings. The van der Waals surface area contributed by atoms with Gasteiger partial charge in [-0.3, -0.25) is 4.79 Å². The highest BCUT2D eigenvalue weighted by Crippen LogP contribution is 2.38. The molecule has 5 nitrogen and oxygen atoms in total. The van der Waals surface area contributed by atoms with E-state index in [-0.39, 0.29) is 11.2 Å². The summed E-state index contributed by atoms with van der Waals surface area (Å²) >= 11 is 1.53. The molecule has 0 saturated heterocycles. The van der Waals surface area contributed by atoms with Crippen LogP contribution < -0.4 is 19.5 Å². The van der Waals surface area contributed by atoms with Gasteiger partial charge in [0, 0.05) is 11.4 Å². The molecule has 0 heterocycles. The summed E-state index contributed by atoms with van der Waals surface area (Å²) in [5, 5.41) is 2.76. The van der Waals surface area contributed by atoms with Crippen LogP contribution in [0.15, 0.2) is 47.4 Å². The van der Waals surface area contributed by atoms with E-state index in [1.54, 1.807) is 21.3 Å². The van der Waals surface area contributed by atoms with Gasteiger partial charge in [-0.1, -0.05) is 18.2 Å². The molecule has 134 valence electrons. The van der Waals surface area contributed by atoms with Crippen LogP contribution in [0, 0.1) is 0 Å². The monoisotopic (exact) mass is 361 g/mol. The standard InChI is InChI=1S/C19H23NO4S/c1-13(25-15-8-6-5-7-9-15)19(21)20-12-14-10-16(22-2)18(24-4)17(11-14)23-3/h5-11,13H,12H2,1-4H3,(H,20,21). The Morgan fingerprint density at radius 2 is 1.64 bits per heavy atom. The first-order chi connectivity index (χ1) is 12.1. The van der Waals surface area contributed by atoms with Crippen LogP contribution in [0.5, 0.6) is 17.2 Å². The number of hydrogen-bond donors (Lipinski definition) is 1. The van der Waals surface area contributed by atoms with Gasteiger partial charge >= 0.3 is 0 Å². The van der Waals surface area contributed by atoms with Crippen LogP contribution in [-0.4, -0.2) is 32.5 Å². The lowest BCUT2D eigenvalue weighted by Crippen LogP contribution is -2.30. The Bertz CT molecular complexity index is 681. The van der Waals surface area contributed by atoms with E-state index in [9.17, 15) is 4.79 Å². The fraction of sp³-hybridized carbons (Fsp3) is 0.316. The van der Waals surface area contributed by atoms with Gasteiger partial charge in [0.25, 0.3) is 0 Å². The lowest BCUT2D eigenvalue weighted by molar-refractivity contribution is -0.120. The zero-order valence-electron chi connectivity index (χ0n) is 14.9. The zero-order valence-corrected chi connectivity index (χ0v) is 15.7. The molecule has 6 heteroatoms. The number of carbonyl (C=O) groups excluding carboxylic acids is 1. The third-order valence-corrected chi connectivity index (χ3v) is 4.73. The molecule has 0 aliphatic heterocycles. The lowest BCUT2D eigenvalue weighted by atomic mass is 10.1. The summed E-state index contributed by atoms with van der Waals surface area (Å²) in [6.45, 7) is 2.28. The smallest absolute Gasteiger partial charge is 0.233 e. The summed E-state index contributed by atoms with van der Waals surface area (Å²) in [5.74, 6) is 1.64. The number of amides is 1. The van der Waals surface area contributed by atoms with E-state index < -0.39 is 0 Å². The summed E-state index contributed by atoms with van der Waals surface area (Å²) in [7, 11) is 4.70. The molecule has 0 fully saturated rings. The fourth-order valence-electron chi connectivity index (χ4n) is 2.33. The SMILES string of the molecule is COc1cc(CNC(=O)C(C)Sc2ccccc2)cc(OC)c1OC. The molecule has 2 rings (SSSR count). The topological polar surface area (TPSA) is 56.8 Å². The normalized spacial score (nSPS) is 11.5. The largest absolute Gasteiger partial charge is 0.493 e. The number of hydrogen-bond acceptors (Lipinski definition) is 5. The van der Waals surface area contributed by atoms with Crippen LogP contribution in [-0.2, 0) is 11.3 Å². The molecule has 0 aliphatic rings. The maximum absolute atomic E-state index is 12.3. The average Bonchev–Trinajstić information content (AvgIpc) is 2.65. The van der Waals surface area contributed by atoms with Crippen molar-refractivity contribution in [3.63, 3.8) is 0 Å². The molecule has 1 N–H and O–H groups in total. The van der Waals surface area contributed by atoms with Gasteiger partial charge in [0.1, 0.15) is 0 Å². The average molecular weight is 361 g/mol. The molecule has 1 unspecified atom stereocenters. The van der Waals surface area contributed by atoms with E-state index in [2.05, 4.69) is 5.32 Å². The molecule has 0 bridgehead atoms. The minimum atomic E-state index is -0.190. The van der Waals surface area contributed by atoms with Crippen molar-refractivity contribution in [1.29, 1.82) is 0 Å². The first-order valence-corrected chi connectivity index (χ1v) is 8.75. The first-order valence-electron chi connectivity index (χ1n) is 7.87. The van der Waals surface area contributed by atoms with E-state index in [0.717, 1.165) is 10.5 Å². The highest BCUT2D eigenvalue weighted by atomic mass is 32.2. The highest BCUT2D eigenvalue weighted by molar-refractivity contribution is 8.00. The number of thioether (sulfide) groups is 1. The summed E-state index contributed by atoms with van der Waals surface area (Å²) < 4.78 is 16.0. The maximum Gasteiger partial charge on any atom is 0.233 e. The molecule has 1 amide bonds. The molecule has 1 atom stereocenters. The van der Waals surface area contributed by atoms with E-state index in [1.807, 2.05) is 49.4 Å². The number of carbonyl (C=O) groups is 1. The van der Waals surface area contributed by atoms with Gasteiger partial charge in [-0.25, -0.2) is 0 Å². The second-order valence-corrected chi connectivity index (χ2v) is 6.74. The zero-order chi connectivity index (χ0) is 18.2.